The normalized spacial score (nSPS) is 32.5. The van der Waals surface area contributed by atoms with Gasteiger partial charge in [-0.2, -0.15) is 0 Å². The number of rotatable bonds is 14. The molecule has 1 saturated carbocycles. The van der Waals surface area contributed by atoms with E-state index in [1.807, 2.05) is 39.8 Å². The SMILES string of the molecule is CCC1(N(CC(=O)O)CC(=O)O)C(CC)(N(CC(=O)O)CC(=O)O)[C@@]2(CC)C=C[C@]1(CC)C2. The lowest BCUT2D eigenvalue weighted by atomic mass is 9.54. The zero-order chi connectivity index (χ0) is 25.2. The van der Waals surface area contributed by atoms with E-state index in [9.17, 15) is 39.6 Å². The van der Waals surface area contributed by atoms with Crippen LogP contribution >= 0.6 is 0 Å². The minimum Gasteiger partial charge on any atom is -0.480 e. The Labute approximate surface area is 193 Å². The quantitative estimate of drug-likeness (QED) is 0.278. The van der Waals surface area contributed by atoms with Crippen LogP contribution in [0.3, 0.4) is 0 Å². The van der Waals surface area contributed by atoms with Crippen LogP contribution in [0.2, 0.25) is 0 Å². The fourth-order valence-corrected chi connectivity index (χ4v) is 7.66. The molecule has 2 aliphatic rings. The van der Waals surface area contributed by atoms with Crippen LogP contribution in [0, 0.1) is 10.8 Å². The van der Waals surface area contributed by atoms with E-state index in [0.29, 0.717) is 32.1 Å². The highest BCUT2D eigenvalue weighted by Crippen LogP contribution is 2.74. The summed E-state index contributed by atoms with van der Waals surface area (Å²) in [5.74, 6) is -4.78. The molecular formula is C23H36N2O8. The Morgan fingerprint density at radius 2 is 0.879 bits per heavy atom. The monoisotopic (exact) mass is 468 g/mol. The molecule has 0 saturated heterocycles. The van der Waals surface area contributed by atoms with E-state index in [4.69, 9.17) is 0 Å². The Bertz CT molecular complexity index is 746. The largest absolute Gasteiger partial charge is 0.480 e. The van der Waals surface area contributed by atoms with Crippen LogP contribution in [-0.4, -0.2) is 91.4 Å². The second-order valence-electron chi connectivity index (χ2n) is 9.24. The smallest absolute Gasteiger partial charge is 0.317 e. The summed E-state index contributed by atoms with van der Waals surface area (Å²) < 4.78 is 0. The van der Waals surface area contributed by atoms with Crippen molar-refractivity contribution in [2.24, 2.45) is 10.8 Å². The molecular weight excluding hydrogens is 432 g/mol. The van der Waals surface area contributed by atoms with Crippen molar-refractivity contribution in [2.45, 2.75) is 70.9 Å². The van der Waals surface area contributed by atoms with Gasteiger partial charge in [0, 0.05) is 10.8 Å². The third-order valence-electron chi connectivity index (χ3n) is 8.35. The van der Waals surface area contributed by atoms with Gasteiger partial charge in [-0.15, -0.1) is 0 Å². The Morgan fingerprint density at radius 1 is 0.606 bits per heavy atom. The highest BCUT2D eigenvalue weighted by atomic mass is 16.4. The number of nitrogens with zero attached hydrogens (tertiary/aromatic N) is 2. The molecule has 0 aliphatic heterocycles. The number of carboxylic acids is 4. The first kappa shape index (κ1) is 26.8. The molecule has 0 radical (unpaired) electrons. The van der Waals surface area contributed by atoms with Crippen molar-refractivity contribution in [2.75, 3.05) is 26.2 Å². The second kappa shape index (κ2) is 9.42. The van der Waals surface area contributed by atoms with Gasteiger partial charge in [-0.05, 0) is 32.1 Å². The number of carboxylic acid groups (broad SMARTS) is 4. The van der Waals surface area contributed by atoms with Gasteiger partial charge in [0.15, 0.2) is 0 Å². The van der Waals surface area contributed by atoms with Crippen molar-refractivity contribution in [1.29, 1.82) is 0 Å². The molecule has 0 amide bonds. The van der Waals surface area contributed by atoms with Crippen LogP contribution in [0.15, 0.2) is 12.2 Å². The van der Waals surface area contributed by atoms with Gasteiger partial charge < -0.3 is 20.4 Å². The van der Waals surface area contributed by atoms with Crippen molar-refractivity contribution < 1.29 is 39.6 Å². The number of hydrogen-bond acceptors (Lipinski definition) is 6. The molecule has 0 aromatic rings. The van der Waals surface area contributed by atoms with E-state index in [2.05, 4.69) is 0 Å². The van der Waals surface area contributed by atoms with E-state index in [1.165, 1.54) is 9.80 Å². The molecule has 0 spiro atoms. The molecule has 33 heavy (non-hydrogen) atoms. The van der Waals surface area contributed by atoms with Crippen molar-refractivity contribution in [3.8, 4) is 0 Å². The van der Waals surface area contributed by atoms with Crippen LogP contribution in [-0.2, 0) is 19.2 Å². The molecule has 10 heteroatoms. The average molecular weight is 469 g/mol. The summed E-state index contributed by atoms with van der Waals surface area (Å²) in [7, 11) is 0. The third kappa shape index (κ3) is 3.73. The van der Waals surface area contributed by atoms with Gasteiger partial charge in [0.05, 0.1) is 37.3 Å². The van der Waals surface area contributed by atoms with Gasteiger partial charge >= 0.3 is 23.9 Å². The van der Waals surface area contributed by atoms with Gasteiger partial charge in [0.25, 0.3) is 0 Å². The first-order chi connectivity index (χ1) is 15.4. The maximum absolute atomic E-state index is 11.9. The van der Waals surface area contributed by atoms with Crippen LogP contribution in [0.5, 0.6) is 0 Å². The molecule has 2 aliphatic carbocycles. The maximum Gasteiger partial charge on any atom is 0.317 e. The number of hydrogen-bond donors (Lipinski definition) is 4. The van der Waals surface area contributed by atoms with Gasteiger partial charge in [-0.3, -0.25) is 29.0 Å². The predicted octanol–water partition coefficient (Wildman–Crippen LogP) is 1.99. The lowest BCUT2D eigenvalue weighted by molar-refractivity contribution is -0.173. The first-order valence-corrected chi connectivity index (χ1v) is 11.4. The molecule has 4 N–H and O–H groups in total. The summed E-state index contributed by atoms with van der Waals surface area (Å²) in [5.41, 5.74) is -3.52. The zero-order valence-electron chi connectivity index (χ0n) is 19.8. The molecule has 0 heterocycles. The Hall–Kier alpha value is -2.46. The first-order valence-electron chi connectivity index (χ1n) is 11.4. The Morgan fingerprint density at radius 3 is 1.06 bits per heavy atom. The lowest BCUT2D eigenvalue weighted by Crippen LogP contribution is -2.78. The average Bonchev–Trinajstić information content (AvgIpc) is 3.21. The molecule has 2 unspecified atom stereocenters. The third-order valence-corrected chi connectivity index (χ3v) is 8.35. The van der Waals surface area contributed by atoms with Gasteiger partial charge in [-0.25, -0.2) is 0 Å². The van der Waals surface area contributed by atoms with Crippen molar-refractivity contribution >= 4 is 23.9 Å². The number of fused-ring (bicyclic) bond motifs is 2. The zero-order valence-corrected chi connectivity index (χ0v) is 19.8. The van der Waals surface area contributed by atoms with Crippen molar-refractivity contribution in [1.82, 2.24) is 9.80 Å². The summed E-state index contributed by atoms with van der Waals surface area (Å²) in [6, 6.07) is 0. The minimum atomic E-state index is -1.19. The van der Waals surface area contributed by atoms with Crippen molar-refractivity contribution in [3.63, 3.8) is 0 Å². The number of aliphatic carboxylic acids is 4. The molecule has 1 fully saturated rings. The summed E-state index contributed by atoms with van der Waals surface area (Å²) in [6.07, 6.45) is 6.47. The second-order valence-corrected chi connectivity index (χ2v) is 9.24. The summed E-state index contributed by atoms with van der Waals surface area (Å²) in [5, 5.41) is 38.9. The highest BCUT2D eigenvalue weighted by molar-refractivity contribution is 5.75. The van der Waals surface area contributed by atoms with E-state index in [0.717, 1.165) is 0 Å². The summed E-state index contributed by atoms with van der Waals surface area (Å²) in [4.78, 5) is 50.6. The molecule has 10 nitrogen and oxygen atoms in total. The summed E-state index contributed by atoms with van der Waals surface area (Å²) >= 11 is 0. The standard InChI is InChI=1S/C23H36N2O8/c1-5-20-9-10-21(6-2,15-20)23(8-4,25(13-18(30)31)14-19(32)33)22(20,7-3)24(11-16(26)27)12-17(28)29/h9-10H,5-8,11-15H2,1-4H3,(H,26,27)(H,28,29)(H,30,31)(H,32,33)/t20-,21+,22?,23?. The van der Waals surface area contributed by atoms with E-state index < -0.39 is 72.0 Å². The molecule has 186 valence electrons. The minimum absolute atomic E-state index is 0.330. The topological polar surface area (TPSA) is 156 Å². The summed E-state index contributed by atoms with van der Waals surface area (Å²) in [6.45, 7) is 5.44. The van der Waals surface area contributed by atoms with Crippen LogP contribution in [0.1, 0.15) is 59.8 Å². The fraction of sp³-hybridized carbons (Fsp3) is 0.739. The number of carbonyl (C=O) groups is 4. The van der Waals surface area contributed by atoms with E-state index in [-0.39, 0.29) is 0 Å². The van der Waals surface area contributed by atoms with E-state index in [1.54, 1.807) is 0 Å². The predicted molar refractivity (Wildman–Crippen MR) is 119 cm³/mol. The molecule has 4 atom stereocenters. The Kier molecular flexibility index (Phi) is 7.65. The van der Waals surface area contributed by atoms with Gasteiger partial charge in [-0.1, -0.05) is 39.8 Å². The maximum atomic E-state index is 11.9. The van der Waals surface area contributed by atoms with Crippen LogP contribution in [0.4, 0.5) is 0 Å². The van der Waals surface area contributed by atoms with Crippen LogP contribution < -0.4 is 0 Å². The van der Waals surface area contributed by atoms with Crippen molar-refractivity contribution in [3.05, 3.63) is 12.2 Å². The molecule has 2 bridgehead atoms. The van der Waals surface area contributed by atoms with Gasteiger partial charge in [0.2, 0.25) is 0 Å². The molecule has 0 aromatic heterocycles. The lowest BCUT2D eigenvalue weighted by Gasteiger charge is -2.65. The van der Waals surface area contributed by atoms with Gasteiger partial charge in [0.1, 0.15) is 0 Å². The molecule has 0 aromatic carbocycles. The van der Waals surface area contributed by atoms with E-state index >= 15 is 0 Å². The molecule has 2 rings (SSSR count). The Balaban J connectivity index is 3.00. The van der Waals surface area contributed by atoms with Crippen LogP contribution in [0.25, 0.3) is 0 Å². The highest BCUT2D eigenvalue weighted by Gasteiger charge is 2.79. The fourth-order valence-electron chi connectivity index (χ4n) is 7.66.